The first-order valence-electron chi connectivity index (χ1n) is 4.72. The van der Waals surface area contributed by atoms with Crippen LogP contribution in [-0.2, 0) is 9.53 Å². The van der Waals surface area contributed by atoms with E-state index in [4.69, 9.17) is 5.26 Å². The van der Waals surface area contributed by atoms with Gasteiger partial charge in [0.1, 0.15) is 11.9 Å². The lowest BCUT2D eigenvalue weighted by Gasteiger charge is -2.00. The Morgan fingerprint density at radius 3 is 2.81 bits per heavy atom. The van der Waals surface area contributed by atoms with Crippen LogP contribution in [0.3, 0.4) is 0 Å². The van der Waals surface area contributed by atoms with Gasteiger partial charge in [0.05, 0.1) is 12.2 Å². The molecule has 0 spiro atoms. The van der Waals surface area contributed by atoms with E-state index in [0.29, 0.717) is 0 Å². The molecule has 0 aliphatic heterocycles. The van der Waals surface area contributed by atoms with E-state index >= 15 is 0 Å². The number of rotatable bonds is 3. The van der Waals surface area contributed by atoms with Gasteiger partial charge in [-0.05, 0) is 13.0 Å². The standard InChI is InChI=1S/C12H10FNO2/c1-2-16-12(15)7-9(8-14)10-5-3-4-6-11(10)13/h3-7H,2H2,1H3. The highest BCUT2D eigenvalue weighted by Crippen LogP contribution is 2.17. The van der Waals surface area contributed by atoms with Crippen LogP contribution in [0, 0.1) is 17.1 Å². The van der Waals surface area contributed by atoms with E-state index in [1.165, 1.54) is 18.2 Å². The number of carbonyl (C=O) groups excluding carboxylic acids is 1. The van der Waals surface area contributed by atoms with Gasteiger partial charge in [0, 0.05) is 11.6 Å². The van der Waals surface area contributed by atoms with Crippen LogP contribution >= 0.6 is 0 Å². The van der Waals surface area contributed by atoms with Crippen molar-refractivity contribution in [1.82, 2.24) is 0 Å². The average molecular weight is 219 g/mol. The third-order valence-corrected chi connectivity index (χ3v) is 1.83. The van der Waals surface area contributed by atoms with E-state index in [1.807, 2.05) is 0 Å². The summed E-state index contributed by atoms with van der Waals surface area (Å²) in [5, 5.41) is 8.83. The highest BCUT2D eigenvalue weighted by molar-refractivity contribution is 5.95. The predicted octanol–water partition coefficient (Wildman–Crippen LogP) is 2.30. The molecular weight excluding hydrogens is 209 g/mol. The third kappa shape index (κ3) is 2.92. The van der Waals surface area contributed by atoms with Crippen LogP contribution in [0.1, 0.15) is 12.5 Å². The van der Waals surface area contributed by atoms with E-state index in [1.54, 1.807) is 19.1 Å². The van der Waals surface area contributed by atoms with Gasteiger partial charge in [-0.25, -0.2) is 9.18 Å². The van der Waals surface area contributed by atoms with Crippen molar-refractivity contribution in [2.45, 2.75) is 6.92 Å². The van der Waals surface area contributed by atoms with Crippen LogP contribution < -0.4 is 0 Å². The zero-order valence-electron chi connectivity index (χ0n) is 8.74. The topological polar surface area (TPSA) is 50.1 Å². The molecule has 1 aromatic rings. The Kier molecular flexibility index (Phi) is 4.22. The van der Waals surface area contributed by atoms with Crippen LogP contribution in [0.15, 0.2) is 30.3 Å². The van der Waals surface area contributed by atoms with Gasteiger partial charge in [-0.3, -0.25) is 0 Å². The van der Waals surface area contributed by atoms with Crippen molar-refractivity contribution < 1.29 is 13.9 Å². The van der Waals surface area contributed by atoms with Crippen LogP contribution in [0.5, 0.6) is 0 Å². The maximum atomic E-state index is 13.3. The van der Waals surface area contributed by atoms with Crippen molar-refractivity contribution >= 4 is 11.5 Å². The summed E-state index contributed by atoms with van der Waals surface area (Å²) < 4.78 is 18.0. The quantitative estimate of drug-likeness (QED) is 0.445. The van der Waals surface area contributed by atoms with Gasteiger partial charge in [0.2, 0.25) is 0 Å². The molecule has 4 heteroatoms. The molecule has 0 aliphatic rings. The Bertz CT molecular complexity index is 460. The number of esters is 1. The summed E-state index contributed by atoms with van der Waals surface area (Å²) in [4.78, 5) is 11.1. The van der Waals surface area contributed by atoms with Crippen molar-refractivity contribution in [2.24, 2.45) is 0 Å². The molecule has 1 rings (SSSR count). The fourth-order valence-electron chi connectivity index (χ4n) is 1.15. The van der Waals surface area contributed by atoms with Crippen molar-refractivity contribution in [3.8, 4) is 6.07 Å². The number of allylic oxidation sites excluding steroid dienone is 1. The molecule has 3 nitrogen and oxygen atoms in total. The molecule has 0 amide bonds. The number of nitrogens with zero attached hydrogens (tertiary/aromatic N) is 1. The molecule has 0 atom stereocenters. The number of benzene rings is 1. The van der Waals surface area contributed by atoms with E-state index in [0.717, 1.165) is 6.08 Å². The summed E-state index contributed by atoms with van der Waals surface area (Å²) in [7, 11) is 0. The Hall–Kier alpha value is -2.15. The largest absolute Gasteiger partial charge is 0.463 e. The van der Waals surface area contributed by atoms with E-state index in [9.17, 15) is 9.18 Å². The van der Waals surface area contributed by atoms with Gasteiger partial charge in [0.15, 0.2) is 0 Å². The predicted molar refractivity (Wildman–Crippen MR) is 56.6 cm³/mol. The minimum atomic E-state index is -0.651. The number of carbonyl (C=O) groups is 1. The normalized spacial score (nSPS) is 10.7. The summed E-state index contributed by atoms with van der Waals surface area (Å²) in [6.45, 7) is 1.87. The maximum absolute atomic E-state index is 13.3. The second-order valence-corrected chi connectivity index (χ2v) is 2.90. The Labute approximate surface area is 92.8 Å². The number of hydrogen-bond acceptors (Lipinski definition) is 3. The molecule has 0 fully saturated rings. The number of nitriles is 1. The molecule has 0 bridgehead atoms. The summed E-state index contributed by atoms with van der Waals surface area (Å²) in [6, 6.07) is 7.53. The molecule has 0 aromatic heterocycles. The van der Waals surface area contributed by atoms with Gasteiger partial charge >= 0.3 is 5.97 Å². The third-order valence-electron chi connectivity index (χ3n) is 1.83. The first-order valence-corrected chi connectivity index (χ1v) is 4.72. The van der Waals surface area contributed by atoms with Crippen LogP contribution in [0.2, 0.25) is 0 Å². The van der Waals surface area contributed by atoms with E-state index < -0.39 is 11.8 Å². The second-order valence-electron chi connectivity index (χ2n) is 2.90. The van der Waals surface area contributed by atoms with Crippen molar-refractivity contribution in [3.63, 3.8) is 0 Å². The number of halogens is 1. The average Bonchev–Trinajstić information content (AvgIpc) is 2.27. The molecule has 0 heterocycles. The zero-order chi connectivity index (χ0) is 12.0. The monoisotopic (exact) mass is 219 g/mol. The number of ether oxygens (including phenoxy) is 1. The highest BCUT2D eigenvalue weighted by Gasteiger charge is 2.08. The highest BCUT2D eigenvalue weighted by atomic mass is 19.1. The van der Waals surface area contributed by atoms with Gasteiger partial charge in [-0.15, -0.1) is 0 Å². The van der Waals surface area contributed by atoms with Gasteiger partial charge < -0.3 is 4.74 Å². The van der Waals surface area contributed by atoms with Gasteiger partial charge in [-0.2, -0.15) is 5.26 Å². The fraction of sp³-hybridized carbons (Fsp3) is 0.167. The van der Waals surface area contributed by atoms with Gasteiger partial charge in [0.25, 0.3) is 0 Å². The first-order chi connectivity index (χ1) is 7.69. The molecule has 0 radical (unpaired) electrons. The molecule has 0 saturated carbocycles. The van der Waals surface area contributed by atoms with Gasteiger partial charge in [-0.1, -0.05) is 18.2 Å². The molecule has 1 aromatic carbocycles. The minimum Gasteiger partial charge on any atom is -0.463 e. The zero-order valence-corrected chi connectivity index (χ0v) is 8.74. The van der Waals surface area contributed by atoms with Crippen molar-refractivity contribution in [2.75, 3.05) is 6.61 Å². The van der Waals surface area contributed by atoms with Crippen molar-refractivity contribution in [3.05, 3.63) is 41.7 Å². The Balaban J connectivity index is 3.05. The lowest BCUT2D eigenvalue weighted by Crippen LogP contribution is -2.01. The van der Waals surface area contributed by atoms with Crippen LogP contribution in [-0.4, -0.2) is 12.6 Å². The lowest BCUT2D eigenvalue weighted by atomic mass is 10.1. The molecule has 0 aliphatic carbocycles. The minimum absolute atomic E-state index is 0.0449. The second kappa shape index (κ2) is 5.66. The fourth-order valence-corrected chi connectivity index (χ4v) is 1.15. The molecule has 0 unspecified atom stereocenters. The summed E-state index contributed by atoms with van der Waals surface area (Å²) in [5.41, 5.74) is 0.0506. The summed E-state index contributed by atoms with van der Waals surface area (Å²) in [6.07, 6.45) is 0.988. The van der Waals surface area contributed by atoms with Crippen molar-refractivity contribution in [1.29, 1.82) is 5.26 Å². The molecule has 0 N–H and O–H groups in total. The Morgan fingerprint density at radius 2 is 2.25 bits per heavy atom. The molecule has 0 saturated heterocycles. The Morgan fingerprint density at radius 1 is 1.56 bits per heavy atom. The van der Waals surface area contributed by atoms with Crippen LogP contribution in [0.25, 0.3) is 5.57 Å². The summed E-state index contributed by atoms with van der Waals surface area (Å²) in [5.74, 6) is -1.19. The smallest absolute Gasteiger partial charge is 0.332 e. The molecule has 82 valence electrons. The number of hydrogen-bond donors (Lipinski definition) is 0. The van der Waals surface area contributed by atoms with E-state index in [2.05, 4.69) is 4.74 Å². The van der Waals surface area contributed by atoms with Crippen LogP contribution in [0.4, 0.5) is 4.39 Å². The first kappa shape index (κ1) is 11.9. The SMILES string of the molecule is CCOC(=O)C=C(C#N)c1ccccc1F. The maximum Gasteiger partial charge on any atom is 0.332 e. The molecular formula is C12H10FNO2. The lowest BCUT2D eigenvalue weighted by molar-refractivity contribution is -0.137. The summed E-state index contributed by atoms with van der Waals surface area (Å²) >= 11 is 0. The molecule has 16 heavy (non-hydrogen) atoms. The van der Waals surface area contributed by atoms with E-state index in [-0.39, 0.29) is 17.7 Å².